The number of halogens is 1. The van der Waals surface area contributed by atoms with E-state index in [-0.39, 0.29) is 24.9 Å². The SMILES string of the molecule is Cc1nn(C)c(Cl)c1C=CC(=O)N(CCC(=O)O)C1CCOCC1. The summed E-state index contributed by atoms with van der Waals surface area (Å²) < 4.78 is 6.86. The Morgan fingerprint density at radius 1 is 1.46 bits per heavy atom. The first-order valence-electron chi connectivity index (χ1n) is 7.87. The fourth-order valence-electron chi connectivity index (χ4n) is 2.77. The predicted octanol–water partition coefficient (Wildman–Crippen LogP) is 1.88. The summed E-state index contributed by atoms with van der Waals surface area (Å²) in [5.41, 5.74) is 1.42. The van der Waals surface area contributed by atoms with Crippen molar-refractivity contribution in [1.82, 2.24) is 14.7 Å². The van der Waals surface area contributed by atoms with Gasteiger partial charge in [0.1, 0.15) is 5.15 Å². The first kappa shape index (κ1) is 18.5. The van der Waals surface area contributed by atoms with Gasteiger partial charge in [-0.25, -0.2) is 0 Å². The van der Waals surface area contributed by atoms with Crippen molar-refractivity contribution in [1.29, 1.82) is 0 Å². The van der Waals surface area contributed by atoms with E-state index in [0.29, 0.717) is 36.8 Å². The number of hydrogen-bond acceptors (Lipinski definition) is 4. The summed E-state index contributed by atoms with van der Waals surface area (Å²) >= 11 is 6.16. The maximum atomic E-state index is 12.6. The van der Waals surface area contributed by atoms with E-state index in [4.69, 9.17) is 21.4 Å². The van der Waals surface area contributed by atoms with Gasteiger partial charge < -0.3 is 14.7 Å². The van der Waals surface area contributed by atoms with Crippen LogP contribution in [0.4, 0.5) is 0 Å². The minimum Gasteiger partial charge on any atom is -0.481 e. The Kier molecular flexibility index (Phi) is 6.39. The summed E-state index contributed by atoms with van der Waals surface area (Å²) in [6, 6.07) is 0.000664. The normalized spacial score (nSPS) is 15.8. The third-order valence-corrected chi connectivity index (χ3v) is 4.52. The molecule has 0 unspecified atom stereocenters. The van der Waals surface area contributed by atoms with Gasteiger partial charge in [-0.1, -0.05) is 11.6 Å². The van der Waals surface area contributed by atoms with Crippen LogP contribution < -0.4 is 0 Å². The van der Waals surface area contributed by atoms with Gasteiger partial charge in [0, 0.05) is 44.5 Å². The number of ether oxygens (including phenoxy) is 1. The van der Waals surface area contributed by atoms with Crippen LogP contribution in [0.15, 0.2) is 6.08 Å². The molecule has 1 aromatic rings. The Balaban J connectivity index is 2.13. The molecule has 2 rings (SSSR count). The molecule has 7 nitrogen and oxygen atoms in total. The van der Waals surface area contributed by atoms with Gasteiger partial charge >= 0.3 is 5.97 Å². The summed E-state index contributed by atoms with van der Waals surface area (Å²) in [5.74, 6) is -1.14. The molecule has 0 aliphatic carbocycles. The molecule has 1 N–H and O–H groups in total. The number of rotatable bonds is 6. The molecule has 1 amide bonds. The van der Waals surface area contributed by atoms with Gasteiger partial charge in [0.25, 0.3) is 0 Å². The summed E-state index contributed by atoms with van der Waals surface area (Å²) in [7, 11) is 1.73. The number of carbonyl (C=O) groups excluding carboxylic acids is 1. The topological polar surface area (TPSA) is 84.7 Å². The van der Waals surface area contributed by atoms with Crippen LogP contribution in [-0.2, 0) is 21.4 Å². The van der Waals surface area contributed by atoms with Crippen LogP contribution in [0.3, 0.4) is 0 Å². The first-order valence-corrected chi connectivity index (χ1v) is 8.25. The summed E-state index contributed by atoms with van der Waals surface area (Å²) in [6.07, 6.45) is 4.43. The van der Waals surface area contributed by atoms with Crippen molar-refractivity contribution in [3.8, 4) is 0 Å². The quantitative estimate of drug-likeness (QED) is 0.787. The Labute approximate surface area is 145 Å². The highest BCUT2D eigenvalue weighted by molar-refractivity contribution is 6.31. The second-order valence-corrected chi connectivity index (χ2v) is 6.12. The number of amides is 1. The van der Waals surface area contributed by atoms with E-state index >= 15 is 0 Å². The summed E-state index contributed by atoms with van der Waals surface area (Å²) in [4.78, 5) is 25.1. The Hall–Kier alpha value is -1.86. The summed E-state index contributed by atoms with van der Waals surface area (Å²) in [6.45, 7) is 3.16. The number of aliphatic carboxylic acids is 1. The van der Waals surface area contributed by atoms with Crippen LogP contribution in [0.5, 0.6) is 0 Å². The van der Waals surface area contributed by atoms with Gasteiger partial charge in [0.2, 0.25) is 5.91 Å². The highest BCUT2D eigenvalue weighted by Gasteiger charge is 2.25. The number of hydrogen-bond donors (Lipinski definition) is 1. The largest absolute Gasteiger partial charge is 0.481 e. The van der Waals surface area contributed by atoms with Crippen LogP contribution in [0.1, 0.15) is 30.5 Å². The molecule has 1 aromatic heterocycles. The van der Waals surface area contributed by atoms with Gasteiger partial charge in [-0.15, -0.1) is 0 Å². The fourth-order valence-corrected chi connectivity index (χ4v) is 3.01. The number of aryl methyl sites for hydroxylation is 2. The lowest BCUT2D eigenvalue weighted by atomic mass is 10.1. The van der Waals surface area contributed by atoms with Gasteiger partial charge in [-0.3, -0.25) is 14.3 Å². The zero-order chi connectivity index (χ0) is 17.7. The average Bonchev–Trinajstić information content (AvgIpc) is 2.79. The van der Waals surface area contributed by atoms with Crippen LogP contribution >= 0.6 is 11.6 Å². The molecular weight excluding hydrogens is 334 g/mol. The molecule has 24 heavy (non-hydrogen) atoms. The molecule has 0 saturated carbocycles. The smallest absolute Gasteiger partial charge is 0.305 e. The summed E-state index contributed by atoms with van der Waals surface area (Å²) in [5, 5.41) is 13.6. The minimum absolute atomic E-state index is 0.000664. The van der Waals surface area contributed by atoms with Crippen LogP contribution in [-0.4, -0.2) is 57.5 Å². The molecule has 1 aliphatic rings. The average molecular weight is 356 g/mol. The number of aromatic nitrogens is 2. The molecule has 132 valence electrons. The van der Waals surface area contributed by atoms with Crippen molar-refractivity contribution in [3.05, 3.63) is 22.5 Å². The highest BCUT2D eigenvalue weighted by atomic mass is 35.5. The Morgan fingerprint density at radius 2 is 2.12 bits per heavy atom. The van der Waals surface area contributed by atoms with Crippen molar-refractivity contribution in [2.75, 3.05) is 19.8 Å². The first-order chi connectivity index (χ1) is 11.4. The van der Waals surface area contributed by atoms with Crippen molar-refractivity contribution in [2.24, 2.45) is 7.05 Å². The molecular formula is C16H22ClN3O4. The molecule has 1 aliphatic heterocycles. The van der Waals surface area contributed by atoms with E-state index in [9.17, 15) is 9.59 Å². The highest BCUT2D eigenvalue weighted by Crippen LogP contribution is 2.21. The van der Waals surface area contributed by atoms with Crippen molar-refractivity contribution < 1.29 is 19.4 Å². The second kappa shape index (κ2) is 8.30. The molecule has 0 aromatic carbocycles. The lowest BCUT2D eigenvalue weighted by Crippen LogP contribution is -2.43. The number of carbonyl (C=O) groups is 2. The van der Waals surface area contributed by atoms with E-state index in [1.165, 1.54) is 6.08 Å². The maximum absolute atomic E-state index is 12.6. The van der Waals surface area contributed by atoms with E-state index < -0.39 is 5.97 Å². The zero-order valence-corrected chi connectivity index (χ0v) is 14.6. The molecule has 0 atom stereocenters. The van der Waals surface area contributed by atoms with Gasteiger partial charge in [0.15, 0.2) is 0 Å². The van der Waals surface area contributed by atoms with E-state index in [1.807, 2.05) is 6.92 Å². The van der Waals surface area contributed by atoms with Crippen LogP contribution in [0.2, 0.25) is 5.15 Å². The van der Waals surface area contributed by atoms with Gasteiger partial charge in [-0.05, 0) is 25.8 Å². The molecule has 1 fully saturated rings. The predicted molar refractivity (Wildman–Crippen MR) is 89.8 cm³/mol. The van der Waals surface area contributed by atoms with Crippen molar-refractivity contribution in [3.63, 3.8) is 0 Å². The van der Waals surface area contributed by atoms with E-state index in [0.717, 1.165) is 5.69 Å². The van der Waals surface area contributed by atoms with Crippen molar-refractivity contribution in [2.45, 2.75) is 32.2 Å². The molecule has 0 bridgehead atoms. The minimum atomic E-state index is -0.921. The third kappa shape index (κ3) is 4.58. The molecule has 8 heteroatoms. The van der Waals surface area contributed by atoms with Crippen LogP contribution in [0, 0.1) is 6.92 Å². The second-order valence-electron chi connectivity index (χ2n) is 5.77. The standard InChI is InChI=1S/C16H22ClN3O4/c1-11-13(16(17)19(2)18-11)3-4-14(21)20(8-5-15(22)23)12-6-9-24-10-7-12/h3-4,12H,5-10H2,1-2H3,(H,22,23). The van der Waals surface area contributed by atoms with Crippen molar-refractivity contribution >= 4 is 29.6 Å². The number of carboxylic acid groups (broad SMARTS) is 1. The lowest BCUT2D eigenvalue weighted by Gasteiger charge is -2.33. The number of carboxylic acids is 1. The Morgan fingerprint density at radius 3 is 2.67 bits per heavy atom. The third-order valence-electron chi connectivity index (χ3n) is 4.07. The number of nitrogens with zero attached hydrogens (tertiary/aromatic N) is 3. The molecule has 2 heterocycles. The van der Waals surface area contributed by atoms with E-state index in [1.54, 1.807) is 22.7 Å². The lowest BCUT2D eigenvalue weighted by molar-refractivity contribution is -0.138. The van der Waals surface area contributed by atoms with Gasteiger partial charge in [0.05, 0.1) is 12.1 Å². The van der Waals surface area contributed by atoms with Crippen LogP contribution in [0.25, 0.3) is 6.08 Å². The molecule has 0 radical (unpaired) electrons. The molecule has 1 saturated heterocycles. The zero-order valence-electron chi connectivity index (χ0n) is 13.9. The maximum Gasteiger partial charge on any atom is 0.305 e. The Bertz CT molecular complexity index is 636. The molecule has 0 spiro atoms. The fraction of sp³-hybridized carbons (Fsp3) is 0.562. The van der Waals surface area contributed by atoms with E-state index in [2.05, 4.69) is 5.10 Å². The monoisotopic (exact) mass is 355 g/mol. The van der Waals surface area contributed by atoms with Gasteiger partial charge in [-0.2, -0.15) is 5.10 Å².